The maximum absolute atomic E-state index is 13.6. The van der Waals surface area contributed by atoms with E-state index in [0.29, 0.717) is 24.5 Å². The number of aryl methyl sites for hydroxylation is 1. The second-order valence-electron chi connectivity index (χ2n) is 8.01. The van der Waals surface area contributed by atoms with Crippen molar-refractivity contribution >= 4 is 11.7 Å². The third kappa shape index (κ3) is 4.94. The molecule has 0 radical (unpaired) electrons. The van der Waals surface area contributed by atoms with Crippen molar-refractivity contribution in [3.05, 3.63) is 53.7 Å². The summed E-state index contributed by atoms with van der Waals surface area (Å²) in [5, 5.41) is 18.1. The second-order valence-corrected chi connectivity index (χ2v) is 8.01. The molecule has 4 heterocycles. The number of likely N-dealkylation sites (tertiary alicyclic amines) is 1. The van der Waals surface area contributed by atoms with Gasteiger partial charge in [-0.05, 0) is 49.9 Å². The second kappa shape index (κ2) is 9.12. The van der Waals surface area contributed by atoms with Gasteiger partial charge >= 0.3 is 6.18 Å². The van der Waals surface area contributed by atoms with E-state index < -0.39 is 11.9 Å². The number of pyridine rings is 1. The van der Waals surface area contributed by atoms with Gasteiger partial charge in [-0.1, -0.05) is 6.92 Å². The van der Waals surface area contributed by atoms with Crippen LogP contribution in [-0.2, 0) is 6.18 Å². The van der Waals surface area contributed by atoms with Crippen LogP contribution in [0.1, 0.15) is 41.6 Å². The highest BCUT2D eigenvalue weighted by Gasteiger charge is 2.35. The molecule has 1 amide bonds. The standard InChI is InChI=1S/C21H23F3N8O/c1-13-4-3-11-31(16(13)12-25-18-8-7-17(29-30-18)21(22,23)24)20(33)19-15(6-5-14(2)28-19)32-26-9-10-27-32/h5-10,13,16H,3-4,11-12H2,1-2H3,(H,25,30)/t13-,16?/m1/s1. The van der Waals surface area contributed by atoms with Gasteiger partial charge < -0.3 is 10.2 Å². The van der Waals surface area contributed by atoms with Crippen molar-refractivity contribution in [1.82, 2.24) is 35.1 Å². The van der Waals surface area contributed by atoms with Crippen LogP contribution >= 0.6 is 0 Å². The average molecular weight is 460 g/mol. The molecule has 1 N–H and O–H groups in total. The molecular formula is C21H23F3N8O. The minimum absolute atomic E-state index is 0.161. The van der Waals surface area contributed by atoms with Crippen LogP contribution in [0.5, 0.6) is 0 Å². The molecule has 174 valence electrons. The van der Waals surface area contributed by atoms with Gasteiger partial charge in [-0.25, -0.2) is 4.98 Å². The topological polar surface area (TPSA) is 102 Å². The quantitative estimate of drug-likeness (QED) is 0.624. The number of piperidine rings is 1. The van der Waals surface area contributed by atoms with Crippen LogP contribution in [0.4, 0.5) is 19.0 Å². The molecule has 0 bridgehead atoms. The van der Waals surface area contributed by atoms with Crippen molar-refractivity contribution in [2.75, 3.05) is 18.4 Å². The molecule has 0 saturated carbocycles. The Labute approximate surface area is 188 Å². The Morgan fingerprint density at radius 2 is 1.91 bits per heavy atom. The molecule has 9 nitrogen and oxygen atoms in total. The molecule has 3 aromatic rings. The molecule has 4 rings (SSSR count). The Morgan fingerprint density at radius 3 is 2.58 bits per heavy atom. The summed E-state index contributed by atoms with van der Waals surface area (Å²) in [6.45, 7) is 4.70. The minimum atomic E-state index is -4.55. The van der Waals surface area contributed by atoms with Gasteiger partial charge in [0.15, 0.2) is 11.4 Å². The number of anilines is 1. The number of rotatable bonds is 5. The first-order valence-corrected chi connectivity index (χ1v) is 10.5. The maximum Gasteiger partial charge on any atom is 0.435 e. The summed E-state index contributed by atoms with van der Waals surface area (Å²) >= 11 is 0. The van der Waals surface area contributed by atoms with Gasteiger partial charge in [0.05, 0.1) is 18.4 Å². The fourth-order valence-electron chi connectivity index (χ4n) is 3.94. The van der Waals surface area contributed by atoms with Gasteiger partial charge in [-0.2, -0.15) is 23.4 Å². The molecule has 33 heavy (non-hydrogen) atoms. The lowest BCUT2D eigenvalue weighted by Crippen LogP contribution is -2.51. The number of hydrogen-bond donors (Lipinski definition) is 1. The zero-order valence-corrected chi connectivity index (χ0v) is 18.1. The van der Waals surface area contributed by atoms with Crippen molar-refractivity contribution in [2.24, 2.45) is 5.92 Å². The van der Waals surface area contributed by atoms with Gasteiger partial charge in [0.25, 0.3) is 5.91 Å². The molecule has 1 unspecified atom stereocenters. The number of halogens is 3. The predicted molar refractivity (Wildman–Crippen MR) is 113 cm³/mol. The number of nitrogens with zero attached hydrogens (tertiary/aromatic N) is 7. The van der Waals surface area contributed by atoms with E-state index in [1.54, 1.807) is 24.0 Å². The van der Waals surface area contributed by atoms with Crippen LogP contribution in [0.15, 0.2) is 36.7 Å². The molecule has 0 spiro atoms. The van der Waals surface area contributed by atoms with Crippen LogP contribution in [0.3, 0.4) is 0 Å². The first-order chi connectivity index (χ1) is 15.7. The smallest absolute Gasteiger partial charge is 0.367 e. The van der Waals surface area contributed by atoms with Crippen LogP contribution in [0.2, 0.25) is 0 Å². The first-order valence-electron chi connectivity index (χ1n) is 10.5. The lowest BCUT2D eigenvalue weighted by molar-refractivity contribution is -0.141. The van der Waals surface area contributed by atoms with Gasteiger partial charge in [0.1, 0.15) is 11.5 Å². The summed E-state index contributed by atoms with van der Waals surface area (Å²) in [6.07, 6.45) is 0.257. The number of alkyl halides is 3. The summed E-state index contributed by atoms with van der Waals surface area (Å²) in [5.41, 5.74) is 0.365. The van der Waals surface area contributed by atoms with Crippen LogP contribution < -0.4 is 5.32 Å². The van der Waals surface area contributed by atoms with Crippen LogP contribution in [-0.4, -0.2) is 60.1 Å². The van der Waals surface area contributed by atoms with Gasteiger partial charge in [0, 0.05) is 18.8 Å². The highest BCUT2D eigenvalue weighted by Crippen LogP contribution is 2.28. The summed E-state index contributed by atoms with van der Waals surface area (Å²) in [7, 11) is 0. The minimum Gasteiger partial charge on any atom is -0.367 e. The molecule has 1 fully saturated rings. The lowest BCUT2D eigenvalue weighted by Gasteiger charge is -2.40. The highest BCUT2D eigenvalue weighted by atomic mass is 19.4. The van der Waals surface area contributed by atoms with Crippen molar-refractivity contribution in [1.29, 1.82) is 0 Å². The monoisotopic (exact) mass is 460 g/mol. The van der Waals surface area contributed by atoms with Crippen LogP contribution in [0, 0.1) is 12.8 Å². The number of carbonyl (C=O) groups is 1. The van der Waals surface area contributed by atoms with E-state index in [1.165, 1.54) is 23.3 Å². The molecule has 1 saturated heterocycles. The molecule has 12 heteroatoms. The zero-order valence-electron chi connectivity index (χ0n) is 18.1. The molecular weight excluding hydrogens is 437 g/mol. The van der Waals surface area contributed by atoms with E-state index in [9.17, 15) is 18.0 Å². The number of aromatic nitrogens is 6. The number of nitrogens with one attached hydrogen (secondary N) is 1. The number of hydrogen-bond acceptors (Lipinski definition) is 7. The molecule has 0 aromatic carbocycles. The fraction of sp³-hybridized carbons (Fsp3) is 0.429. The first kappa shape index (κ1) is 22.6. The fourth-order valence-corrected chi connectivity index (χ4v) is 3.94. The van der Waals surface area contributed by atoms with E-state index in [4.69, 9.17) is 0 Å². The van der Waals surface area contributed by atoms with Crippen molar-refractivity contribution in [2.45, 2.75) is 38.9 Å². The zero-order chi connectivity index (χ0) is 23.6. The molecule has 1 aliphatic heterocycles. The molecule has 0 aliphatic carbocycles. The Balaban J connectivity index is 1.55. The largest absolute Gasteiger partial charge is 0.435 e. The molecule has 2 atom stereocenters. The highest BCUT2D eigenvalue weighted by molar-refractivity contribution is 5.96. The van der Waals surface area contributed by atoms with Crippen LogP contribution in [0.25, 0.3) is 5.69 Å². The number of carbonyl (C=O) groups excluding carboxylic acids is 1. The predicted octanol–water partition coefficient (Wildman–Crippen LogP) is 3.13. The van der Waals surface area contributed by atoms with Crippen molar-refractivity contribution < 1.29 is 18.0 Å². The molecule has 1 aliphatic rings. The van der Waals surface area contributed by atoms with E-state index in [0.717, 1.165) is 18.9 Å². The van der Waals surface area contributed by atoms with E-state index in [2.05, 4.69) is 30.7 Å². The van der Waals surface area contributed by atoms with Crippen molar-refractivity contribution in [3.63, 3.8) is 0 Å². The summed E-state index contributed by atoms with van der Waals surface area (Å²) in [4.78, 5) is 21.2. The summed E-state index contributed by atoms with van der Waals surface area (Å²) in [6, 6.07) is 5.45. The van der Waals surface area contributed by atoms with Gasteiger partial charge in [0.2, 0.25) is 0 Å². The van der Waals surface area contributed by atoms with Gasteiger partial charge in [-0.15, -0.1) is 15.0 Å². The summed E-state index contributed by atoms with van der Waals surface area (Å²) in [5.74, 6) is 0.125. The average Bonchev–Trinajstić information content (AvgIpc) is 3.32. The Bertz CT molecular complexity index is 1100. The maximum atomic E-state index is 13.6. The third-order valence-corrected chi connectivity index (χ3v) is 5.67. The Kier molecular flexibility index (Phi) is 6.25. The normalized spacial score (nSPS) is 18.9. The SMILES string of the molecule is Cc1ccc(-n2nccn2)c(C(=O)N2CCC[C@@H](C)C2CNc2ccc(C(F)(F)F)nn2)n1. The van der Waals surface area contributed by atoms with Crippen molar-refractivity contribution in [3.8, 4) is 5.69 Å². The molecule has 3 aromatic heterocycles. The number of amides is 1. The van der Waals surface area contributed by atoms with Gasteiger partial charge in [-0.3, -0.25) is 4.79 Å². The van der Waals surface area contributed by atoms with E-state index >= 15 is 0 Å². The lowest BCUT2D eigenvalue weighted by atomic mass is 9.90. The van der Waals surface area contributed by atoms with E-state index in [1.807, 2.05) is 6.92 Å². The third-order valence-electron chi connectivity index (χ3n) is 5.67. The van der Waals surface area contributed by atoms with E-state index in [-0.39, 0.29) is 29.4 Å². The Morgan fingerprint density at radius 1 is 1.15 bits per heavy atom. The summed E-state index contributed by atoms with van der Waals surface area (Å²) < 4.78 is 38.2. The Hall–Kier alpha value is -3.57.